The third-order valence-corrected chi connectivity index (χ3v) is 15.6. The van der Waals surface area contributed by atoms with Gasteiger partial charge in [-0.1, -0.05) is 47.1 Å². The second-order valence-electron chi connectivity index (χ2n) is 12.7. The number of nitrogen functional groups attached to an aromatic ring is 1. The third-order valence-electron chi connectivity index (χ3n) is 10.2. The van der Waals surface area contributed by atoms with Gasteiger partial charge in [-0.3, -0.25) is 4.57 Å². The average molecular weight is 612 g/mol. The highest BCUT2D eigenvalue weighted by atomic mass is 32.2. The molecule has 11 heteroatoms. The van der Waals surface area contributed by atoms with E-state index in [4.69, 9.17) is 15.2 Å². The quantitative estimate of drug-likeness (QED) is 0.328. The summed E-state index contributed by atoms with van der Waals surface area (Å²) in [5, 5.41) is 12.1. The molecule has 3 aliphatic heterocycles. The average Bonchev–Trinajstić information content (AvgIpc) is 3.19. The van der Waals surface area contributed by atoms with Gasteiger partial charge >= 0.3 is 5.69 Å². The lowest BCUT2D eigenvalue weighted by Crippen LogP contribution is -2.55. The van der Waals surface area contributed by atoms with Crippen molar-refractivity contribution < 1.29 is 19.0 Å². The van der Waals surface area contributed by atoms with Crippen molar-refractivity contribution in [1.82, 2.24) is 9.55 Å². The summed E-state index contributed by atoms with van der Waals surface area (Å²) in [6, 6.07) is 0. The van der Waals surface area contributed by atoms with E-state index >= 15 is 0 Å². The number of aliphatic hydroxyl groups excluding tert-OH is 1. The van der Waals surface area contributed by atoms with Gasteiger partial charge in [0, 0.05) is 5.25 Å². The highest BCUT2D eigenvalue weighted by Crippen LogP contribution is 2.68. The number of hydrogen-bond acceptors (Lipinski definition) is 7. The number of ether oxygens (including phenoxy) is 2. The van der Waals surface area contributed by atoms with E-state index in [0.29, 0.717) is 15.3 Å². The molecule has 2 saturated carbocycles. The molecule has 7 nitrogen and oxygen atoms in total. The lowest BCUT2D eigenvalue weighted by molar-refractivity contribution is -0.0854. The molecule has 0 radical (unpaired) electrons. The fourth-order valence-corrected chi connectivity index (χ4v) is 12.7. The summed E-state index contributed by atoms with van der Waals surface area (Å²) in [6.07, 6.45) is 18.9. The van der Waals surface area contributed by atoms with Crippen molar-refractivity contribution in [2.45, 2.75) is 136 Å². The van der Waals surface area contributed by atoms with Crippen molar-refractivity contribution in [2.24, 2.45) is 0 Å². The van der Waals surface area contributed by atoms with Crippen LogP contribution in [0, 0.1) is 5.82 Å². The summed E-state index contributed by atoms with van der Waals surface area (Å²) in [5.41, 5.74) is 4.83. The first kappa shape index (κ1) is 29.4. The van der Waals surface area contributed by atoms with E-state index < -0.39 is 29.7 Å². The number of rotatable bonds is 7. The maximum atomic E-state index is 14.4. The van der Waals surface area contributed by atoms with Crippen LogP contribution in [-0.2, 0) is 9.47 Å². The molecule has 222 valence electrons. The first-order valence-electron chi connectivity index (χ1n) is 15.2. The normalized spacial score (nSPS) is 35.4. The number of aromatic nitrogens is 2. The van der Waals surface area contributed by atoms with Crippen molar-refractivity contribution in [2.75, 3.05) is 12.3 Å². The first-order chi connectivity index (χ1) is 19.2. The van der Waals surface area contributed by atoms with Crippen molar-refractivity contribution in [1.29, 1.82) is 0 Å². The fraction of sp³-hybridized carbons (Fsp3) is 0.793. The highest BCUT2D eigenvalue weighted by Gasteiger charge is 2.56. The zero-order valence-corrected chi connectivity index (χ0v) is 26.3. The molecule has 1 aromatic rings. The van der Waals surface area contributed by atoms with E-state index in [-0.39, 0.29) is 22.9 Å². The molecule has 3 N–H and O–H groups in total. The Bertz CT molecular complexity index is 1170. The number of thioether (sulfide) groups is 1. The minimum Gasteiger partial charge on any atom is -0.508 e. The van der Waals surface area contributed by atoms with Crippen LogP contribution >= 0.6 is 29.6 Å². The van der Waals surface area contributed by atoms with Crippen LogP contribution < -0.4 is 11.4 Å². The molecule has 1 aromatic heterocycles. The summed E-state index contributed by atoms with van der Waals surface area (Å²) in [7, 11) is 4.11. The molecule has 0 amide bonds. The SMILES string of the molecule is Nc1nc(=O)n(C2OC(COC34CCCC(C5(P)CCCCCCC5)(CCC3)P4)C(O)=C2SC2CCC2)cc1F. The summed E-state index contributed by atoms with van der Waals surface area (Å²) < 4.78 is 28.6. The summed E-state index contributed by atoms with van der Waals surface area (Å²) in [5.74, 6) is -1.11. The lowest BCUT2D eigenvalue weighted by Gasteiger charge is -2.60. The maximum absolute atomic E-state index is 14.4. The number of anilines is 1. The first-order valence-corrected chi connectivity index (χ1v) is 17.7. The van der Waals surface area contributed by atoms with Gasteiger partial charge in [0.25, 0.3) is 0 Å². The Hall–Kier alpha value is -0.720. The van der Waals surface area contributed by atoms with Crippen molar-refractivity contribution in [3.05, 3.63) is 33.2 Å². The van der Waals surface area contributed by atoms with E-state index in [0.717, 1.165) is 51.4 Å². The summed E-state index contributed by atoms with van der Waals surface area (Å²) >= 11 is 1.53. The molecule has 4 heterocycles. The van der Waals surface area contributed by atoms with Crippen LogP contribution in [0.15, 0.2) is 21.7 Å². The summed E-state index contributed by atoms with van der Waals surface area (Å²) in [6.45, 7) is 0.226. The Morgan fingerprint density at radius 3 is 2.42 bits per heavy atom. The molecule has 0 spiro atoms. The van der Waals surface area contributed by atoms with E-state index in [9.17, 15) is 14.3 Å². The Morgan fingerprint density at radius 1 is 1.10 bits per heavy atom. The summed E-state index contributed by atoms with van der Waals surface area (Å²) in [4.78, 5) is 16.9. The minimum atomic E-state index is -0.934. The molecule has 0 aromatic carbocycles. The van der Waals surface area contributed by atoms with Gasteiger partial charge in [0.1, 0.15) is 11.9 Å². The van der Waals surface area contributed by atoms with Gasteiger partial charge < -0.3 is 20.3 Å². The largest absolute Gasteiger partial charge is 0.508 e. The number of hydrogen-bond donors (Lipinski definition) is 2. The number of nitrogens with two attached hydrogens (primary N) is 1. The molecular formula is C29H44FN3O4P2S. The predicted octanol–water partition coefficient (Wildman–Crippen LogP) is 6.77. The molecule has 2 saturated heterocycles. The molecule has 40 heavy (non-hydrogen) atoms. The second kappa shape index (κ2) is 11.8. The molecule has 4 fully saturated rings. The van der Waals surface area contributed by atoms with E-state index in [1.54, 1.807) is 0 Å². The van der Waals surface area contributed by atoms with Crippen LogP contribution in [0.1, 0.15) is 109 Å². The number of fused-ring (bicyclic) bond motifs is 2. The van der Waals surface area contributed by atoms with E-state index in [2.05, 4.69) is 14.2 Å². The van der Waals surface area contributed by atoms with Crippen molar-refractivity contribution >= 4 is 35.4 Å². The second-order valence-corrected chi connectivity index (χ2v) is 17.3. The maximum Gasteiger partial charge on any atom is 0.352 e. The molecule has 4 atom stereocenters. The third kappa shape index (κ3) is 5.52. The zero-order valence-electron chi connectivity index (χ0n) is 23.3. The molecule has 6 rings (SSSR count). The Labute approximate surface area is 245 Å². The van der Waals surface area contributed by atoms with Crippen molar-refractivity contribution in [3.63, 3.8) is 0 Å². The van der Waals surface area contributed by atoms with Crippen LogP contribution in [0.4, 0.5) is 10.2 Å². The Morgan fingerprint density at radius 2 is 1.77 bits per heavy atom. The zero-order chi connectivity index (χ0) is 28.0. The van der Waals surface area contributed by atoms with Gasteiger partial charge in [-0.15, -0.1) is 21.0 Å². The van der Waals surface area contributed by atoms with Gasteiger partial charge in [-0.05, 0) is 74.5 Å². The van der Waals surface area contributed by atoms with Crippen molar-refractivity contribution in [3.8, 4) is 0 Å². The predicted molar refractivity (Wildman–Crippen MR) is 164 cm³/mol. The van der Waals surface area contributed by atoms with Gasteiger partial charge in [0.2, 0.25) is 0 Å². The standard InChI is InChI=1S/C29H44FN3O4P2S/c30-20-17-33(26(35)32-24(20)31)25-23(40-19-9-6-10-19)22(34)21(37-25)18-36-29-15-7-13-28(39-29,14-8-16-29)27(38)11-4-2-1-3-5-12-27/h17,19,21,25,34,39H,1-16,18,38H2,(H2,31,32,35). The van der Waals surface area contributed by atoms with Gasteiger partial charge in [-0.25, -0.2) is 9.18 Å². The monoisotopic (exact) mass is 611 g/mol. The topological polar surface area (TPSA) is 99.6 Å². The van der Waals surface area contributed by atoms with Crippen LogP contribution in [-0.4, -0.2) is 48.3 Å². The number of nitrogens with zero attached hydrogens (tertiary/aromatic N) is 2. The van der Waals surface area contributed by atoms with E-state index in [1.807, 2.05) is 0 Å². The molecule has 2 bridgehead atoms. The Kier molecular flexibility index (Phi) is 8.63. The molecule has 4 unspecified atom stereocenters. The van der Waals surface area contributed by atoms with Gasteiger partial charge in [-0.2, -0.15) is 4.98 Å². The lowest BCUT2D eigenvalue weighted by atomic mass is 9.73. The molecular weight excluding hydrogens is 567 g/mol. The van der Waals surface area contributed by atoms with Gasteiger partial charge in [0.15, 0.2) is 17.9 Å². The number of halogens is 1. The van der Waals surface area contributed by atoms with Crippen LogP contribution in [0.25, 0.3) is 0 Å². The molecule has 5 aliphatic rings. The highest BCUT2D eigenvalue weighted by molar-refractivity contribution is 8.03. The van der Waals surface area contributed by atoms with E-state index in [1.165, 1.54) is 82.4 Å². The number of aliphatic hydroxyl groups is 1. The fourth-order valence-electron chi connectivity index (χ4n) is 7.63. The molecule has 2 aliphatic carbocycles. The smallest absolute Gasteiger partial charge is 0.352 e. The van der Waals surface area contributed by atoms with Crippen LogP contribution in [0.2, 0.25) is 0 Å². The Balaban J connectivity index is 1.21. The van der Waals surface area contributed by atoms with Gasteiger partial charge in [0.05, 0.1) is 23.1 Å². The van der Waals surface area contributed by atoms with Crippen LogP contribution in [0.3, 0.4) is 0 Å². The van der Waals surface area contributed by atoms with Crippen LogP contribution in [0.5, 0.6) is 0 Å². The minimum absolute atomic E-state index is 0.103.